The highest BCUT2D eigenvalue weighted by Crippen LogP contribution is 2.31. The Kier molecular flexibility index (Phi) is 5.75. The summed E-state index contributed by atoms with van der Waals surface area (Å²) < 4.78 is 11.3. The molecule has 126 valence electrons. The molecule has 1 aliphatic carbocycles. The van der Waals surface area contributed by atoms with Gasteiger partial charge in [-0.15, -0.1) is 0 Å². The molecular weight excluding hydrogens is 316 g/mol. The van der Waals surface area contributed by atoms with Crippen LogP contribution in [0.15, 0.2) is 18.2 Å². The van der Waals surface area contributed by atoms with Gasteiger partial charge in [-0.2, -0.15) is 0 Å². The van der Waals surface area contributed by atoms with Crippen LogP contribution < -0.4 is 15.4 Å². The second kappa shape index (κ2) is 7.99. The fourth-order valence-corrected chi connectivity index (χ4v) is 3.27. The maximum Gasteiger partial charge on any atom is 0.226 e. The normalized spacial score (nSPS) is 22.0. The van der Waals surface area contributed by atoms with Crippen LogP contribution in [0.5, 0.6) is 5.75 Å². The van der Waals surface area contributed by atoms with E-state index in [1.165, 1.54) is 12.8 Å². The first-order chi connectivity index (χ1) is 11.2. The zero-order valence-corrected chi connectivity index (χ0v) is 13.9. The molecule has 0 radical (unpaired) electrons. The Labute approximate surface area is 141 Å². The molecular formula is C17H23ClN2O3. The molecule has 1 saturated heterocycles. The number of rotatable bonds is 5. The minimum atomic E-state index is -0.0477. The lowest BCUT2D eigenvalue weighted by Gasteiger charge is -2.23. The van der Waals surface area contributed by atoms with Crippen LogP contribution in [0.4, 0.5) is 5.69 Å². The Bertz CT molecular complexity index is 541. The van der Waals surface area contributed by atoms with Gasteiger partial charge >= 0.3 is 0 Å². The van der Waals surface area contributed by atoms with E-state index in [0.29, 0.717) is 36.1 Å². The molecule has 1 amide bonds. The highest BCUT2D eigenvalue weighted by molar-refractivity contribution is 6.32. The first-order valence-corrected chi connectivity index (χ1v) is 8.66. The van der Waals surface area contributed by atoms with Crippen LogP contribution in [0.1, 0.15) is 32.1 Å². The molecule has 0 aromatic heterocycles. The number of anilines is 1. The lowest BCUT2D eigenvalue weighted by atomic mass is 10.2. The monoisotopic (exact) mass is 338 g/mol. The number of morpholine rings is 1. The van der Waals surface area contributed by atoms with E-state index in [1.54, 1.807) is 6.07 Å². The van der Waals surface area contributed by atoms with Crippen molar-refractivity contribution in [2.45, 2.75) is 44.2 Å². The summed E-state index contributed by atoms with van der Waals surface area (Å²) in [6.07, 6.45) is 5.27. The summed E-state index contributed by atoms with van der Waals surface area (Å²) in [4.78, 5) is 12.1. The zero-order valence-electron chi connectivity index (χ0n) is 13.1. The highest BCUT2D eigenvalue weighted by atomic mass is 35.5. The van der Waals surface area contributed by atoms with Crippen molar-refractivity contribution in [2.24, 2.45) is 0 Å². The summed E-state index contributed by atoms with van der Waals surface area (Å²) >= 11 is 6.27. The maximum absolute atomic E-state index is 12.1. The second-order valence-corrected chi connectivity index (χ2v) is 6.55. The van der Waals surface area contributed by atoms with Crippen LogP contribution >= 0.6 is 11.6 Å². The number of carbonyl (C=O) groups is 1. The lowest BCUT2D eigenvalue weighted by Crippen LogP contribution is -2.43. The first-order valence-electron chi connectivity index (χ1n) is 8.28. The first kappa shape index (κ1) is 16.6. The molecule has 1 aromatic rings. The van der Waals surface area contributed by atoms with Crippen molar-refractivity contribution >= 4 is 23.2 Å². The van der Waals surface area contributed by atoms with Crippen LogP contribution in [0, 0.1) is 0 Å². The summed E-state index contributed by atoms with van der Waals surface area (Å²) in [5.74, 6) is 0.646. The van der Waals surface area contributed by atoms with Gasteiger partial charge in [-0.3, -0.25) is 4.79 Å². The minimum Gasteiger partial charge on any atom is -0.489 e. The number of hydrogen-bond donors (Lipinski definition) is 2. The van der Waals surface area contributed by atoms with Crippen LogP contribution in [0.3, 0.4) is 0 Å². The average Bonchev–Trinajstić information content (AvgIpc) is 3.04. The molecule has 5 nitrogen and oxygen atoms in total. The third-order valence-corrected chi connectivity index (χ3v) is 4.54. The van der Waals surface area contributed by atoms with Crippen molar-refractivity contribution < 1.29 is 14.3 Å². The smallest absolute Gasteiger partial charge is 0.226 e. The molecule has 1 saturated carbocycles. The van der Waals surface area contributed by atoms with E-state index in [9.17, 15) is 4.79 Å². The van der Waals surface area contributed by atoms with E-state index in [1.807, 2.05) is 12.1 Å². The molecule has 23 heavy (non-hydrogen) atoms. The zero-order chi connectivity index (χ0) is 16.1. The third kappa shape index (κ3) is 4.83. The van der Waals surface area contributed by atoms with Crippen molar-refractivity contribution in [1.29, 1.82) is 0 Å². The maximum atomic E-state index is 12.1. The Morgan fingerprint density at radius 1 is 1.39 bits per heavy atom. The fourth-order valence-electron chi connectivity index (χ4n) is 3.05. The second-order valence-electron chi connectivity index (χ2n) is 6.15. The summed E-state index contributed by atoms with van der Waals surface area (Å²) in [5.41, 5.74) is 0.690. The molecule has 0 bridgehead atoms. The van der Waals surface area contributed by atoms with E-state index in [2.05, 4.69) is 10.6 Å². The standard InChI is InChI=1S/C17H23ClN2O3/c18-15-9-12(5-6-16(15)23-14-3-1-2-4-14)20-17(21)10-13-11-22-8-7-19-13/h5-6,9,13-14,19H,1-4,7-8,10-11H2,(H,20,21). The van der Waals surface area contributed by atoms with Crippen molar-refractivity contribution in [3.63, 3.8) is 0 Å². The van der Waals surface area contributed by atoms with Crippen molar-refractivity contribution in [3.8, 4) is 5.75 Å². The summed E-state index contributed by atoms with van der Waals surface area (Å²) in [6, 6.07) is 5.48. The highest BCUT2D eigenvalue weighted by Gasteiger charge is 2.19. The van der Waals surface area contributed by atoms with Crippen LogP contribution in [0.2, 0.25) is 5.02 Å². The van der Waals surface area contributed by atoms with Gasteiger partial charge < -0.3 is 20.1 Å². The van der Waals surface area contributed by atoms with Gasteiger partial charge in [0.2, 0.25) is 5.91 Å². The van der Waals surface area contributed by atoms with Gasteiger partial charge in [0.1, 0.15) is 5.75 Å². The van der Waals surface area contributed by atoms with Gasteiger partial charge in [0.05, 0.1) is 24.3 Å². The van der Waals surface area contributed by atoms with Crippen molar-refractivity contribution in [2.75, 3.05) is 25.1 Å². The predicted molar refractivity (Wildman–Crippen MR) is 90.2 cm³/mol. The lowest BCUT2D eigenvalue weighted by molar-refractivity contribution is -0.117. The molecule has 3 rings (SSSR count). The number of hydrogen-bond acceptors (Lipinski definition) is 4. The molecule has 1 unspecified atom stereocenters. The molecule has 1 aromatic carbocycles. The SMILES string of the molecule is O=C(CC1COCCN1)Nc1ccc(OC2CCCC2)c(Cl)c1. The number of halogens is 1. The van der Waals surface area contributed by atoms with Gasteiger partial charge in [-0.05, 0) is 43.9 Å². The predicted octanol–water partition coefficient (Wildman–Crippen LogP) is 2.98. The number of amides is 1. The van der Waals surface area contributed by atoms with Gasteiger partial charge in [-0.25, -0.2) is 0 Å². The van der Waals surface area contributed by atoms with Gasteiger partial charge in [0.25, 0.3) is 0 Å². The van der Waals surface area contributed by atoms with Crippen LogP contribution in [-0.4, -0.2) is 37.8 Å². The quantitative estimate of drug-likeness (QED) is 0.866. The van der Waals surface area contributed by atoms with Crippen molar-refractivity contribution in [1.82, 2.24) is 5.32 Å². The van der Waals surface area contributed by atoms with Gasteiger partial charge in [0.15, 0.2) is 0 Å². The van der Waals surface area contributed by atoms with E-state index in [4.69, 9.17) is 21.1 Å². The van der Waals surface area contributed by atoms with E-state index >= 15 is 0 Å². The molecule has 0 spiro atoms. The minimum absolute atomic E-state index is 0.0477. The number of nitrogens with one attached hydrogen (secondary N) is 2. The van der Waals surface area contributed by atoms with Gasteiger partial charge in [0, 0.05) is 24.7 Å². The number of carbonyl (C=O) groups excluding carboxylic acids is 1. The topological polar surface area (TPSA) is 59.6 Å². The van der Waals surface area contributed by atoms with E-state index in [0.717, 1.165) is 19.4 Å². The van der Waals surface area contributed by atoms with Gasteiger partial charge in [-0.1, -0.05) is 11.6 Å². The molecule has 2 fully saturated rings. The van der Waals surface area contributed by atoms with Crippen LogP contribution in [-0.2, 0) is 9.53 Å². The number of benzene rings is 1. The Morgan fingerprint density at radius 2 is 2.22 bits per heavy atom. The average molecular weight is 339 g/mol. The third-order valence-electron chi connectivity index (χ3n) is 4.24. The Balaban J connectivity index is 1.53. The molecule has 6 heteroatoms. The molecule has 1 atom stereocenters. The van der Waals surface area contributed by atoms with Crippen LogP contribution in [0.25, 0.3) is 0 Å². The number of ether oxygens (including phenoxy) is 2. The van der Waals surface area contributed by atoms with E-state index < -0.39 is 0 Å². The Hall–Kier alpha value is -1.30. The summed E-state index contributed by atoms with van der Waals surface area (Å²) in [7, 11) is 0. The summed E-state index contributed by atoms with van der Waals surface area (Å²) in [6.45, 7) is 2.06. The largest absolute Gasteiger partial charge is 0.489 e. The fraction of sp³-hybridized carbons (Fsp3) is 0.588. The summed E-state index contributed by atoms with van der Waals surface area (Å²) in [5, 5.41) is 6.68. The molecule has 1 aliphatic heterocycles. The molecule has 1 heterocycles. The molecule has 2 aliphatic rings. The van der Waals surface area contributed by atoms with E-state index in [-0.39, 0.29) is 18.1 Å². The Morgan fingerprint density at radius 3 is 2.91 bits per heavy atom. The molecule has 2 N–H and O–H groups in total. The van der Waals surface area contributed by atoms with Crippen molar-refractivity contribution in [3.05, 3.63) is 23.2 Å².